The molecule has 0 spiro atoms. The van der Waals surface area contributed by atoms with Crippen LogP contribution in [0.3, 0.4) is 0 Å². The van der Waals surface area contributed by atoms with Gasteiger partial charge in [-0.2, -0.15) is 0 Å². The fourth-order valence-corrected chi connectivity index (χ4v) is 4.60. The molecule has 0 bridgehead atoms. The van der Waals surface area contributed by atoms with Crippen molar-refractivity contribution in [2.45, 2.75) is 56.6 Å². The first-order chi connectivity index (χ1) is 8.68. The maximum atomic E-state index is 12.1. The zero-order valence-corrected chi connectivity index (χ0v) is 12.0. The lowest BCUT2D eigenvalue weighted by atomic mass is 9.87. The smallest absolute Gasteiger partial charge is 0.214 e. The van der Waals surface area contributed by atoms with Crippen LogP contribution in [0.1, 0.15) is 51.4 Å². The summed E-state index contributed by atoms with van der Waals surface area (Å²) in [4.78, 5) is 0. The predicted octanol–water partition coefficient (Wildman–Crippen LogP) is 1.63. The summed E-state index contributed by atoms with van der Waals surface area (Å²) in [6.45, 7) is 2.29. The Morgan fingerprint density at radius 2 is 1.67 bits per heavy atom. The fraction of sp³-hybridized carbons (Fsp3) is 1.00. The molecule has 0 aromatic rings. The molecule has 2 fully saturated rings. The Morgan fingerprint density at radius 1 is 1.00 bits per heavy atom. The van der Waals surface area contributed by atoms with Gasteiger partial charge in [0.15, 0.2) is 0 Å². The first kappa shape index (κ1) is 14.3. The van der Waals surface area contributed by atoms with E-state index in [2.05, 4.69) is 10.0 Å². The monoisotopic (exact) mass is 274 g/mol. The molecule has 5 heteroatoms. The Hall–Kier alpha value is -0.130. The number of rotatable bonds is 5. The van der Waals surface area contributed by atoms with Gasteiger partial charge >= 0.3 is 0 Å². The third-order valence-corrected chi connectivity index (χ3v) is 6.26. The number of nitrogens with one attached hydrogen (secondary N) is 2. The van der Waals surface area contributed by atoms with Crippen molar-refractivity contribution in [2.75, 3.05) is 19.6 Å². The minimum Gasteiger partial charge on any atom is -0.317 e. The van der Waals surface area contributed by atoms with Gasteiger partial charge in [-0.15, -0.1) is 0 Å². The molecule has 2 rings (SSSR count). The first-order valence-corrected chi connectivity index (χ1v) is 8.92. The highest BCUT2D eigenvalue weighted by molar-refractivity contribution is 7.90. The lowest BCUT2D eigenvalue weighted by Gasteiger charge is -2.24. The number of hydrogen-bond acceptors (Lipinski definition) is 3. The van der Waals surface area contributed by atoms with Gasteiger partial charge < -0.3 is 5.32 Å². The van der Waals surface area contributed by atoms with Crippen LogP contribution in [0.5, 0.6) is 0 Å². The minimum atomic E-state index is -3.07. The lowest BCUT2D eigenvalue weighted by molar-refractivity contribution is 0.339. The topological polar surface area (TPSA) is 58.2 Å². The van der Waals surface area contributed by atoms with Gasteiger partial charge in [-0.1, -0.05) is 32.1 Å². The van der Waals surface area contributed by atoms with Gasteiger partial charge in [0.1, 0.15) is 0 Å². The van der Waals surface area contributed by atoms with E-state index in [0.29, 0.717) is 6.54 Å². The van der Waals surface area contributed by atoms with Crippen LogP contribution >= 0.6 is 0 Å². The van der Waals surface area contributed by atoms with Crippen molar-refractivity contribution in [3.8, 4) is 0 Å². The summed E-state index contributed by atoms with van der Waals surface area (Å²) < 4.78 is 27.0. The normalized spacial score (nSPS) is 24.2. The van der Waals surface area contributed by atoms with E-state index in [4.69, 9.17) is 0 Å². The molecule has 2 aliphatic rings. The van der Waals surface area contributed by atoms with Crippen molar-refractivity contribution < 1.29 is 8.42 Å². The van der Waals surface area contributed by atoms with Crippen molar-refractivity contribution in [1.29, 1.82) is 0 Å². The Morgan fingerprint density at radius 3 is 2.33 bits per heavy atom. The Labute approximate surface area is 111 Å². The van der Waals surface area contributed by atoms with Crippen molar-refractivity contribution >= 4 is 10.0 Å². The molecule has 0 radical (unpaired) electrons. The molecule has 18 heavy (non-hydrogen) atoms. The number of hydrogen-bond donors (Lipinski definition) is 2. The van der Waals surface area contributed by atoms with E-state index in [1.807, 2.05) is 0 Å². The molecule has 1 saturated heterocycles. The van der Waals surface area contributed by atoms with E-state index in [0.717, 1.165) is 38.3 Å². The molecule has 4 nitrogen and oxygen atoms in total. The molecule has 1 aliphatic heterocycles. The van der Waals surface area contributed by atoms with Crippen molar-refractivity contribution in [1.82, 2.24) is 10.0 Å². The van der Waals surface area contributed by atoms with Gasteiger partial charge in [-0.25, -0.2) is 13.1 Å². The quantitative estimate of drug-likeness (QED) is 0.801. The molecule has 0 aromatic heterocycles. The van der Waals surface area contributed by atoms with Gasteiger partial charge in [0.05, 0.1) is 5.25 Å². The second-order valence-corrected chi connectivity index (χ2v) is 7.73. The van der Waals surface area contributed by atoms with Crippen LogP contribution in [-0.4, -0.2) is 33.3 Å². The van der Waals surface area contributed by atoms with Gasteiger partial charge in [0, 0.05) is 6.54 Å². The van der Waals surface area contributed by atoms with Crippen molar-refractivity contribution in [3.63, 3.8) is 0 Å². The second-order valence-electron chi connectivity index (χ2n) is 5.68. The van der Waals surface area contributed by atoms with E-state index in [1.54, 1.807) is 0 Å². The number of sulfonamides is 1. The third kappa shape index (κ3) is 4.21. The summed E-state index contributed by atoms with van der Waals surface area (Å²) in [5.74, 6) is 0.745. The fourth-order valence-electron chi connectivity index (χ4n) is 3.10. The SMILES string of the molecule is O=S(=O)(NCCC1CCCCC1)C1CCNCC1. The second kappa shape index (κ2) is 6.87. The highest BCUT2D eigenvalue weighted by Gasteiger charge is 2.26. The summed E-state index contributed by atoms with van der Waals surface area (Å²) in [6, 6.07) is 0. The molecule has 0 unspecified atom stereocenters. The van der Waals surface area contributed by atoms with Crippen LogP contribution in [0, 0.1) is 5.92 Å². The summed E-state index contributed by atoms with van der Waals surface area (Å²) in [5.41, 5.74) is 0. The maximum Gasteiger partial charge on any atom is 0.214 e. The van der Waals surface area contributed by atoms with Crippen LogP contribution in [-0.2, 0) is 10.0 Å². The minimum absolute atomic E-state index is 0.176. The van der Waals surface area contributed by atoms with Gasteiger partial charge in [0.2, 0.25) is 10.0 Å². The highest BCUT2D eigenvalue weighted by Crippen LogP contribution is 2.25. The third-order valence-electron chi connectivity index (χ3n) is 4.31. The Kier molecular flexibility index (Phi) is 5.45. The molecule has 0 amide bonds. The number of piperidine rings is 1. The molecule has 2 N–H and O–H groups in total. The molecular formula is C13H26N2O2S. The standard InChI is InChI=1S/C13H26N2O2S/c16-18(17,13-7-9-14-10-8-13)15-11-6-12-4-2-1-3-5-12/h12-15H,1-11H2. The average Bonchev–Trinajstić information content (AvgIpc) is 2.41. The van der Waals surface area contributed by atoms with Crippen LogP contribution in [0.25, 0.3) is 0 Å². The molecular weight excluding hydrogens is 248 g/mol. The average molecular weight is 274 g/mol. The Balaban J connectivity index is 1.70. The van der Waals surface area contributed by atoms with E-state index < -0.39 is 10.0 Å². The molecule has 106 valence electrons. The van der Waals surface area contributed by atoms with E-state index >= 15 is 0 Å². The lowest BCUT2D eigenvalue weighted by Crippen LogP contribution is -2.42. The first-order valence-electron chi connectivity index (χ1n) is 7.38. The van der Waals surface area contributed by atoms with Crippen molar-refractivity contribution in [3.05, 3.63) is 0 Å². The van der Waals surface area contributed by atoms with E-state index in [1.165, 1.54) is 32.1 Å². The molecule has 1 saturated carbocycles. The summed E-state index contributed by atoms with van der Waals surface area (Å²) in [7, 11) is -3.07. The maximum absolute atomic E-state index is 12.1. The van der Waals surface area contributed by atoms with E-state index in [-0.39, 0.29) is 5.25 Å². The highest BCUT2D eigenvalue weighted by atomic mass is 32.2. The zero-order chi connectivity index (χ0) is 12.8. The predicted molar refractivity (Wildman–Crippen MR) is 74.0 cm³/mol. The van der Waals surface area contributed by atoms with Gasteiger partial charge in [-0.3, -0.25) is 0 Å². The summed E-state index contributed by atoms with van der Waals surface area (Å²) in [5, 5.41) is 3.03. The molecule has 1 heterocycles. The van der Waals surface area contributed by atoms with Crippen LogP contribution in [0.2, 0.25) is 0 Å². The Bertz CT molecular complexity index is 331. The van der Waals surface area contributed by atoms with Gasteiger partial charge in [0.25, 0.3) is 0 Å². The largest absolute Gasteiger partial charge is 0.317 e. The van der Waals surface area contributed by atoms with Gasteiger partial charge in [-0.05, 0) is 38.3 Å². The van der Waals surface area contributed by atoms with Crippen molar-refractivity contribution in [2.24, 2.45) is 5.92 Å². The van der Waals surface area contributed by atoms with Crippen LogP contribution in [0.4, 0.5) is 0 Å². The molecule has 1 aliphatic carbocycles. The molecule has 0 aromatic carbocycles. The van der Waals surface area contributed by atoms with Crippen LogP contribution < -0.4 is 10.0 Å². The summed E-state index contributed by atoms with van der Waals surface area (Å²) in [6.07, 6.45) is 9.10. The molecule has 0 atom stereocenters. The summed E-state index contributed by atoms with van der Waals surface area (Å²) >= 11 is 0. The zero-order valence-electron chi connectivity index (χ0n) is 11.2. The van der Waals surface area contributed by atoms with Crippen LogP contribution in [0.15, 0.2) is 0 Å². The van der Waals surface area contributed by atoms with E-state index in [9.17, 15) is 8.42 Å².